The van der Waals surface area contributed by atoms with Crippen molar-refractivity contribution in [2.24, 2.45) is 0 Å². The van der Waals surface area contributed by atoms with Crippen molar-refractivity contribution >= 4 is 28.7 Å². The molecule has 0 unspecified atom stereocenters. The lowest BCUT2D eigenvalue weighted by Crippen LogP contribution is -2.10. The van der Waals surface area contributed by atoms with Crippen molar-refractivity contribution in [3.63, 3.8) is 0 Å². The number of nitrogens with two attached hydrogens (primary N) is 1. The average molecular weight is 263 g/mol. The van der Waals surface area contributed by atoms with Crippen molar-refractivity contribution in [1.82, 2.24) is 4.98 Å². The number of nitrogen functional groups attached to an aromatic ring is 1. The van der Waals surface area contributed by atoms with Gasteiger partial charge in [-0.3, -0.25) is 4.98 Å². The highest BCUT2D eigenvalue weighted by Gasteiger charge is 2.13. The molecule has 1 aromatic carbocycles. The second kappa shape index (κ2) is 5.50. The molecule has 6 heteroatoms. The lowest BCUT2D eigenvalue weighted by Gasteiger charge is -2.12. The Balaban J connectivity index is 2.22. The van der Waals surface area contributed by atoms with Crippen LogP contribution in [0.2, 0.25) is 0 Å². The summed E-state index contributed by atoms with van der Waals surface area (Å²) < 4.78 is 4.72. The highest BCUT2D eigenvalue weighted by atomic mass is 32.1. The van der Waals surface area contributed by atoms with Crippen molar-refractivity contribution in [2.45, 2.75) is 6.54 Å². The molecule has 5 nitrogen and oxygen atoms in total. The van der Waals surface area contributed by atoms with Gasteiger partial charge in [0.15, 0.2) is 0 Å². The number of para-hydroxylation sites is 1. The van der Waals surface area contributed by atoms with E-state index in [4.69, 9.17) is 10.5 Å². The second-order valence-corrected chi connectivity index (χ2v) is 4.55. The first-order valence-electron chi connectivity index (χ1n) is 5.30. The summed E-state index contributed by atoms with van der Waals surface area (Å²) in [6.45, 7) is 0.572. The van der Waals surface area contributed by atoms with Crippen LogP contribution < -0.4 is 11.1 Å². The van der Waals surface area contributed by atoms with Crippen LogP contribution in [-0.2, 0) is 11.3 Å². The molecule has 0 spiro atoms. The van der Waals surface area contributed by atoms with E-state index in [2.05, 4.69) is 10.3 Å². The number of methoxy groups -OCH3 is 1. The van der Waals surface area contributed by atoms with E-state index < -0.39 is 5.97 Å². The molecule has 0 radical (unpaired) electrons. The first kappa shape index (κ1) is 12.4. The molecule has 0 aliphatic carbocycles. The molecule has 0 atom stereocenters. The van der Waals surface area contributed by atoms with Gasteiger partial charge in [-0.1, -0.05) is 6.07 Å². The number of nitrogens with zero attached hydrogens (tertiary/aromatic N) is 1. The van der Waals surface area contributed by atoms with Gasteiger partial charge in [-0.2, -0.15) is 0 Å². The molecule has 2 aromatic rings. The summed E-state index contributed by atoms with van der Waals surface area (Å²) in [4.78, 5) is 16.7. The van der Waals surface area contributed by atoms with E-state index in [-0.39, 0.29) is 0 Å². The molecule has 94 valence electrons. The third-order valence-corrected chi connectivity index (χ3v) is 3.20. The van der Waals surface area contributed by atoms with E-state index in [1.807, 2.05) is 0 Å². The summed E-state index contributed by atoms with van der Waals surface area (Å²) in [6, 6.07) is 5.14. The number of ether oxygens (including phenoxy) is 1. The van der Waals surface area contributed by atoms with Crippen molar-refractivity contribution in [2.75, 3.05) is 18.2 Å². The van der Waals surface area contributed by atoms with Crippen LogP contribution in [0.5, 0.6) is 0 Å². The maximum Gasteiger partial charge on any atom is 0.340 e. The van der Waals surface area contributed by atoms with Gasteiger partial charge >= 0.3 is 5.97 Å². The van der Waals surface area contributed by atoms with Crippen LogP contribution in [0.15, 0.2) is 29.9 Å². The fourth-order valence-electron chi connectivity index (χ4n) is 1.55. The number of aromatic nitrogens is 1. The molecule has 2 rings (SSSR count). The van der Waals surface area contributed by atoms with E-state index in [0.717, 1.165) is 4.88 Å². The Hall–Kier alpha value is -2.08. The van der Waals surface area contributed by atoms with E-state index in [1.54, 1.807) is 29.9 Å². The van der Waals surface area contributed by atoms with Crippen LogP contribution in [-0.4, -0.2) is 18.1 Å². The average Bonchev–Trinajstić information content (AvgIpc) is 2.89. The normalized spacial score (nSPS) is 10.1. The number of anilines is 2. The second-order valence-electron chi connectivity index (χ2n) is 3.58. The Morgan fingerprint density at radius 2 is 2.39 bits per heavy atom. The van der Waals surface area contributed by atoms with Gasteiger partial charge in [0, 0.05) is 11.1 Å². The van der Waals surface area contributed by atoms with E-state index in [9.17, 15) is 4.79 Å². The van der Waals surface area contributed by atoms with E-state index >= 15 is 0 Å². The summed E-state index contributed by atoms with van der Waals surface area (Å²) in [7, 11) is 1.35. The number of benzene rings is 1. The highest BCUT2D eigenvalue weighted by molar-refractivity contribution is 7.09. The maximum atomic E-state index is 11.6. The molecule has 0 saturated carbocycles. The Bertz CT molecular complexity index is 540. The van der Waals surface area contributed by atoms with Crippen molar-refractivity contribution in [3.05, 3.63) is 40.3 Å². The van der Waals surface area contributed by atoms with Gasteiger partial charge in [-0.15, -0.1) is 11.3 Å². The van der Waals surface area contributed by atoms with Gasteiger partial charge in [0.05, 0.1) is 36.1 Å². The molecule has 1 heterocycles. The minimum Gasteiger partial charge on any atom is -0.465 e. The van der Waals surface area contributed by atoms with Crippen LogP contribution in [0.3, 0.4) is 0 Å². The number of esters is 1. The van der Waals surface area contributed by atoms with Gasteiger partial charge in [0.2, 0.25) is 0 Å². The molecule has 0 aliphatic rings. The third kappa shape index (κ3) is 2.60. The monoisotopic (exact) mass is 263 g/mol. The topological polar surface area (TPSA) is 77.2 Å². The van der Waals surface area contributed by atoms with Crippen LogP contribution in [0.1, 0.15) is 15.2 Å². The van der Waals surface area contributed by atoms with Crippen molar-refractivity contribution in [3.8, 4) is 0 Å². The fourth-order valence-corrected chi connectivity index (χ4v) is 2.09. The first-order chi connectivity index (χ1) is 8.72. The van der Waals surface area contributed by atoms with Gasteiger partial charge < -0.3 is 15.8 Å². The first-order valence-corrected chi connectivity index (χ1v) is 6.18. The number of thiazole rings is 1. The van der Waals surface area contributed by atoms with Crippen molar-refractivity contribution in [1.29, 1.82) is 0 Å². The van der Waals surface area contributed by atoms with E-state index in [1.165, 1.54) is 18.4 Å². The lowest BCUT2D eigenvalue weighted by atomic mass is 10.1. The Morgan fingerprint density at radius 1 is 1.56 bits per heavy atom. The zero-order valence-electron chi connectivity index (χ0n) is 9.84. The van der Waals surface area contributed by atoms with Crippen molar-refractivity contribution < 1.29 is 9.53 Å². The van der Waals surface area contributed by atoms with Gasteiger partial charge in [-0.25, -0.2) is 4.79 Å². The van der Waals surface area contributed by atoms with Crippen LogP contribution in [0.4, 0.5) is 11.4 Å². The fraction of sp³-hybridized carbons (Fsp3) is 0.167. The van der Waals surface area contributed by atoms with Gasteiger partial charge in [0.1, 0.15) is 0 Å². The number of hydrogen-bond acceptors (Lipinski definition) is 6. The predicted octanol–water partition coefficient (Wildman–Crippen LogP) is 2.12. The summed E-state index contributed by atoms with van der Waals surface area (Å²) in [6.07, 6.45) is 1.77. The van der Waals surface area contributed by atoms with Crippen LogP contribution >= 0.6 is 11.3 Å². The standard InChI is InChI=1S/C12H13N3O2S/c1-17-12(16)9-3-2-4-10(13)11(9)15-6-8-5-14-7-18-8/h2-5,7,15H,6,13H2,1H3. The molecule has 0 bridgehead atoms. The maximum absolute atomic E-state index is 11.6. The molecule has 1 aromatic heterocycles. The largest absolute Gasteiger partial charge is 0.465 e. The Kier molecular flexibility index (Phi) is 3.78. The lowest BCUT2D eigenvalue weighted by molar-refractivity contribution is 0.0602. The predicted molar refractivity (Wildman–Crippen MR) is 71.6 cm³/mol. The highest BCUT2D eigenvalue weighted by Crippen LogP contribution is 2.25. The zero-order chi connectivity index (χ0) is 13.0. The minimum absolute atomic E-state index is 0.408. The summed E-state index contributed by atoms with van der Waals surface area (Å²) in [5.74, 6) is -0.408. The molecular weight excluding hydrogens is 250 g/mol. The minimum atomic E-state index is -0.408. The van der Waals surface area contributed by atoms with E-state index in [0.29, 0.717) is 23.5 Å². The molecule has 18 heavy (non-hydrogen) atoms. The van der Waals surface area contributed by atoms with Crippen LogP contribution in [0.25, 0.3) is 0 Å². The quantitative estimate of drug-likeness (QED) is 0.652. The number of carbonyl (C=O) groups excluding carboxylic acids is 1. The zero-order valence-corrected chi connectivity index (χ0v) is 10.7. The third-order valence-electron chi connectivity index (χ3n) is 2.42. The number of nitrogens with one attached hydrogen (secondary N) is 1. The molecule has 0 aliphatic heterocycles. The molecule has 0 fully saturated rings. The molecule has 3 N–H and O–H groups in total. The Morgan fingerprint density at radius 3 is 3.06 bits per heavy atom. The summed E-state index contributed by atoms with van der Waals surface area (Å²) in [5.41, 5.74) is 9.17. The molecule has 0 amide bonds. The SMILES string of the molecule is COC(=O)c1cccc(N)c1NCc1cncs1. The van der Waals surface area contributed by atoms with Gasteiger partial charge in [0.25, 0.3) is 0 Å². The smallest absolute Gasteiger partial charge is 0.340 e. The Labute approximate surface area is 109 Å². The van der Waals surface area contributed by atoms with Gasteiger partial charge in [-0.05, 0) is 12.1 Å². The molecule has 0 saturated heterocycles. The number of carbonyl (C=O) groups is 1. The molecular formula is C12H13N3O2S. The van der Waals surface area contributed by atoms with Crippen LogP contribution in [0, 0.1) is 0 Å². The number of hydrogen-bond donors (Lipinski definition) is 2. The summed E-state index contributed by atoms with van der Waals surface area (Å²) >= 11 is 1.54. The number of rotatable bonds is 4. The summed E-state index contributed by atoms with van der Waals surface area (Å²) in [5, 5.41) is 3.14.